The smallest absolute Gasteiger partial charge is 0.251 e. The first kappa shape index (κ1) is 20.6. The second-order valence-electron chi connectivity index (χ2n) is 6.10. The second-order valence-corrected chi connectivity index (χ2v) is 7.87. The molecule has 0 aliphatic carbocycles. The first-order valence-corrected chi connectivity index (χ1v) is 10.2. The van der Waals surface area contributed by atoms with Gasteiger partial charge >= 0.3 is 0 Å². The van der Waals surface area contributed by atoms with E-state index in [0.717, 1.165) is 31.2 Å². The van der Waals surface area contributed by atoms with Crippen molar-refractivity contribution in [2.24, 2.45) is 5.92 Å². The molecule has 0 saturated carbocycles. The number of sulfonamides is 1. The third kappa shape index (κ3) is 5.91. The summed E-state index contributed by atoms with van der Waals surface area (Å²) >= 11 is 0. The molecule has 0 aliphatic heterocycles. The Kier molecular flexibility index (Phi) is 8.42. The predicted octanol–water partition coefficient (Wildman–Crippen LogP) is 3.24. The van der Waals surface area contributed by atoms with Gasteiger partial charge in [0.25, 0.3) is 5.91 Å². The molecule has 0 aromatic heterocycles. The molecule has 1 atom stereocenters. The summed E-state index contributed by atoms with van der Waals surface area (Å²) in [5.41, 5.74) is 1.18. The number of carbonyl (C=O) groups is 1. The maximum absolute atomic E-state index is 12.5. The van der Waals surface area contributed by atoms with Crippen LogP contribution in [0.4, 0.5) is 0 Å². The van der Waals surface area contributed by atoms with Crippen molar-refractivity contribution in [2.75, 3.05) is 13.1 Å². The molecule has 0 bridgehead atoms. The zero-order valence-corrected chi connectivity index (χ0v) is 16.0. The molecular weight excluding hydrogens is 324 g/mol. The Labute approximate surface area is 146 Å². The second kappa shape index (κ2) is 9.79. The van der Waals surface area contributed by atoms with E-state index in [-0.39, 0.29) is 10.8 Å². The molecule has 5 nitrogen and oxygen atoms in total. The summed E-state index contributed by atoms with van der Waals surface area (Å²) in [7, 11) is -3.56. The average Bonchev–Trinajstić information content (AvgIpc) is 2.55. The van der Waals surface area contributed by atoms with Gasteiger partial charge < -0.3 is 5.32 Å². The van der Waals surface area contributed by atoms with Gasteiger partial charge in [0, 0.05) is 18.7 Å². The van der Waals surface area contributed by atoms with Crippen molar-refractivity contribution in [3.05, 3.63) is 29.3 Å². The fraction of sp³-hybridized carbons (Fsp3) is 0.611. The van der Waals surface area contributed by atoms with Crippen LogP contribution < -0.4 is 10.0 Å². The van der Waals surface area contributed by atoms with Crippen LogP contribution in [0, 0.1) is 12.8 Å². The minimum atomic E-state index is -3.56. The summed E-state index contributed by atoms with van der Waals surface area (Å²) in [6.07, 6.45) is 4.42. The molecule has 2 N–H and O–H groups in total. The summed E-state index contributed by atoms with van der Waals surface area (Å²) < 4.78 is 26.7. The van der Waals surface area contributed by atoms with E-state index < -0.39 is 10.0 Å². The highest BCUT2D eigenvalue weighted by Crippen LogP contribution is 2.16. The molecule has 1 aromatic carbocycles. The Balaban J connectivity index is 2.87. The molecule has 1 amide bonds. The van der Waals surface area contributed by atoms with Crippen LogP contribution in [0.2, 0.25) is 0 Å². The number of rotatable bonds is 10. The van der Waals surface area contributed by atoms with Crippen LogP contribution in [-0.4, -0.2) is 27.4 Å². The van der Waals surface area contributed by atoms with Crippen LogP contribution in [0.15, 0.2) is 23.1 Å². The van der Waals surface area contributed by atoms with Gasteiger partial charge in [-0.25, -0.2) is 13.1 Å². The lowest BCUT2D eigenvalue weighted by Crippen LogP contribution is -2.30. The van der Waals surface area contributed by atoms with Crippen LogP contribution in [0.25, 0.3) is 0 Å². The topological polar surface area (TPSA) is 75.3 Å². The van der Waals surface area contributed by atoms with Gasteiger partial charge in [-0.15, -0.1) is 0 Å². The maximum atomic E-state index is 12.5. The lowest BCUT2D eigenvalue weighted by molar-refractivity contribution is 0.0945. The van der Waals surface area contributed by atoms with E-state index in [1.165, 1.54) is 12.1 Å². The highest BCUT2D eigenvalue weighted by molar-refractivity contribution is 7.89. The zero-order chi connectivity index (χ0) is 18.2. The van der Waals surface area contributed by atoms with Crippen molar-refractivity contribution in [3.63, 3.8) is 0 Å². The van der Waals surface area contributed by atoms with Gasteiger partial charge in [0.2, 0.25) is 10.0 Å². The molecule has 1 unspecified atom stereocenters. The third-order valence-electron chi connectivity index (χ3n) is 4.19. The van der Waals surface area contributed by atoms with Gasteiger partial charge in [-0.3, -0.25) is 4.79 Å². The highest BCUT2D eigenvalue weighted by atomic mass is 32.2. The quantitative estimate of drug-likeness (QED) is 0.677. The highest BCUT2D eigenvalue weighted by Gasteiger charge is 2.17. The van der Waals surface area contributed by atoms with Crippen LogP contribution in [-0.2, 0) is 10.0 Å². The van der Waals surface area contributed by atoms with E-state index in [1.807, 2.05) is 6.92 Å². The van der Waals surface area contributed by atoms with Gasteiger partial charge in [0.05, 0.1) is 4.90 Å². The Morgan fingerprint density at radius 3 is 2.50 bits per heavy atom. The summed E-state index contributed by atoms with van der Waals surface area (Å²) in [4.78, 5) is 12.6. The fourth-order valence-electron chi connectivity index (χ4n) is 2.56. The molecule has 0 saturated heterocycles. The van der Waals surface area contributed by atoms with Crippen molar-refractivity contribution >= 4 is 15.9 Å². The number of aryl methyl sites for hydroxylation is 1. The van der Waals surface area contributed by atoms with Crippen molar-refractivity contribution in [1.29, 1.82) is 0 Å². The first-order valence-electron chi connectivity index (χ1n) is 8.74. The minimum absolute atomic E-state index is 0.123. The minimum Gasteiger partial charge on any atom is -0.352 e. The molecule has 24 heavy (non-hydrogen) atoms. The predicted molar refractivity (Wildman–Crippen MR) is 97.7 cm³/mol. The summed E-state index contributed by atoms with van der Waals surface area (Å²) in [5, 5.41) is 2.96. The van der Waals surface area contributed by atoms with Crippen molar-refractivity contribution in [1.82, 2.24) is 10.0 Å². The Hall–Kier alpha value is -1.40. The fourth-order valence-corrected chi connectivity index (χ4v) is 3.63. The molecule has 136 valence electrons. The van der Waals surface area contributed by atoms with E-state index in [0.29, 0.717) is 24.6 Å². The van der Waals surface area contributed by atoms with E-state index >= 15 is 0 Å². The summed E-state index contributed by atoms with van der Waals surface area (Å²) in [5.74, 6) is 0.249. The number of benzene rings is 1. The molecule has 6 heteroatoms. The average molecular weight is 355 g/mol. The summed E-state index contributed by atoms with van der Waals surface area (Å²) in [6, 6.07) is 4.66. The maximum Gasteiger partial charge on any atom is 0.251 e. The van der Waals surface area contributed by atoms with Crippen molar-refractivity contribution in [3.8, 4) is 0 Å². The Morgan fingerprint density at radius 1 is 1.21 bits per heavy atom. The van der Waals surface area contributed by atoms with Crippen molar-refractivity contribution in [2.45, 2.75) is 58.3 Å². The normalized spacial score (nSPS) is 12.8. The Bertz CT molecular complexity index is 642. The van der Waals surface area contributed by atoms with Crippen LogP contribution in [0.5, 0.6) is 0 Å². The van der Waals surface area contributed by atoms with Crippen molar-refractivity contribution < 1.29 is 13.2 Å². The van der Waals surface area contributed by atoms with Gasteiger partial charge in [-0.05, 0) is 37.0 Å². The lowest BCUT2D eigenvalue weighted by atomic mass is 9.99. The van der Waals surface area contributed by atoms with E-state index in [1.54, 1.807) is 13.0 Å². The van der Waals surface area contributed by atoms with E-state index in [4.69, 9.17) is 0 Å². The van der Waals surface area contributed by atoms with Gasteiger partial charge in [-0.1, -0.05) is 46.1 Å². The van der Waals surface area contributed by atoms with Crippen LogP contribution in [0.1, 0.15) is 62.4 Å². The SMILES string of the molecule is CCCCC(CC)CNC(=O)c1cc(S(=O)(=O)NCC)ccc1C. The first-order chi connectivity index (χ1) is 11.4. The zero-order valence-electron chi connectivity index (χ0n) is 15.2. The number of nitrogens with one attached hydrogen (secondary N) is 2. The largest absolute Gasteiger partial charge is 0.352 e. The number of amides is 1. The number of carbonyl (C=O) groups excluding carboxylic acids is 1. The third-order valence-corrected chi connectivity index (χ3v) is 5.74. The monoisotopic (exact) mass is 354 g/mol. The molecular formula is C18H30N2O3S. The van der Waals surface area contributed by atoms with E-state index in [2.05, 4.69) is 23.9 Å². The molecule has 0 aliphatic rings. The van der Waals surface area contributed by atoms with Crippen LogP contribution in [0.3, 0.4) is 0 Å². The van der Waals surface area contributed by atoms with Gasteiger partial charge in [-0.2, -0.15) is 0 Å². The number of hydrogen-bond donors (Lipinski definition) is 2. The molecule has 0 fully saturated rings. The van der Waals surface area contributed by atoms with E-state index in [9.17, 15) is 13.2 Å². The number of hydrogen-bond acceptors (Lipinski definition) is 3. The number of unbranched alkanes of at least 4 members (excludes halogenated alkanes) is 1. The summed E-state index contributed by atoms with van der Waals surface area (Å²) in [6.45, 7) is 8.76. The Morgan fingerprint density at radius 2 is 1.92 bits per heavy atom. The molecule has 0 spiro atoms. The van der Waals surface area contributed by atoms with Gasteiger partial charge in [0.15, 0.2) is 0 Å². The lowest BCUT2D eigenvalue weighted by Gasteiger charge is -2.16. The molecule has 1 rings (SSSR count). The molecule has 0 radical (unpaired) electrons. The molecule has 1 aromatic rings. The van der Waals surface area contributed by atoms with Crippen LogP contribution >= 0.6 is 0 Å². The van der Waals surface area contributed by atoms with Gasteiger partial charge in [0.1, 0.15) is 0 Å². The standard InChI is InChI=1S/C18H30N2O3S/c1-5-8-9-15(6-2)13-19-18(21)17-12-16(11-10-14(17)4)24(22,23)20-7-3/h10-12,15,20H,5-9,13H2,1-4H3,(H,19,21). The molecule has 0 heterocycles.